The summed E-state index contributed by atoms with van der Waals surface area (Å²) in [6.45, 7) is 7.90. The summed E-state index contributed by atoms with van der Waals surface area (Å²) < 4.78 is 30.7. The van der Waals surface area contributed by atoms with E-state index in [1.165, 1.54) is 0 Å². The Morgan fingerprint density at radius 2 is 0.966 bits per heavy atom. The van der Waals surface area contributed by atoms with Gasteiger partial charge in [0.05, 0.1) is 13.2 Å². The molecular formula is C17H38O8P2S2. The summed E-state index contributed by atoms with van der Waals surface area (Å²) in [4.78, 5) is 35.1. The van der Waals surface area contributed by atoms with Crippen molar-refractivity contribution >= 4 is 39.2 Å². The molecule has 0 radical (unpaired) electrons. The molecule has 4 N–H and O–H groups in total. The molecule has 8 nitrogen and oxygen atoms in total. The van der Waals surface area contributed by atoms with Crippen LogP contribution < -0.4 is 0 Å². The van der Waals surface area contributed by atoms with Crippen molar-refractivity contribution in [1.29, 1.82) is 0 Å². The predicted molar refractivity (Wildman–Crippen MR) is 121 cm³/mol. The quantitative estimate of drug-likeness (QED) is 0.157. The highest BCUT2D eigenvalue weighted by Crippen LogP contribution is 2.40. The second-order valence-corrected chi connectivity index (χ2v) is 13.6. The highest BCUT2D eigenvalue weighted by molar-refractivity contribution is 8.00. The van der Waals surface area contributed by atoms with Gasteiger partial charge in [0.2, 0.25) is 0 Å². The number of rotatable bonds is 18. The Morgan fingerprint density at radius 3 is 1.28 bits per heavy atom. The maximum Gasteiger partial charge on any atom is 0.469 e. The van der Waals surface area contributed by atoms with Gasteiger partial charge in [-0.1, -0.05) is 27.7 Å². The van der Waals surface area contributed by atoms with Gasteiger partial charge in [-0.15, -0.1) is 0 Å². The third kappa shape index (κ3) is 21.9. The highest BCUT2D eigenvalue weighted by atomic mass is 32.2. The summed E-state index contributed by atoms with van der Waals surface area (Å²) in [5, 5.41) is 0. The van der Waals surface area contributed by atoms with Gasteiger partial charge in [0, 0.05) is 0 Å². The molecule has 0 aromatic heterocycles. The second-order valence-electron chi connectivity index (χ2n) is 8.64. The van der Waals surface area contributed by atoms with Crippen molar-refractivity contribution < 1.29 is 37.8 Å². The van der Waals surface area contributed by atoms with Crippen LogP contribution in [0.4, 0.5) is 0 Å². The van der Waals surface area contributed by atoms with E-state index in [1.807, 2.05) is 51.2 Å². The zero-order chi connectivity index (χ0) is 22.6. The summed E-state index contributed by atoms with van der Waals surface area (Å²) in [5.74, 6) is 4.23. The van der Waals surface area contributed by atoms with Gasteiger partial charge in [-0.25, -0.2) is 9.13 Å². The Morgan fingerprint density at radius 1 is 0.655 bits per heavy atom. The van der Waals surface area contributed by atoms with Gasteiger partial charge >= 0.3 is 15.6 Å². The van der Waals surface area contributed by atoms with E-state index in [4.69, 9.17) is 19.6 Å². The van der Waals surface area contributed by atoms with Crippen LogP contribution in [-0.4, -0.2) is 55.8 Å². The first kappa shape index (κ1) is 29.9. The van der Waals surface area contributed by atoms with Crippen LogP contribution in [0.2, 0.25) is 0 Å². The second kappa shape index (κ2) is 14.1. The average Bonchev–Trinajstić information content (AvgIpc) is 2.55. The van der Waals surface area contributed by atoms with E-state index >= 15 is 0 Å². The zero-order valence-electron chi connectivity index (χ0n) is 17.9. The Labute approximate surface area is 183 Å². The topological polar surface area (TPSA) is 134 Å². The number of phosphoric ester groups is 2. The molecule has 0 aromatic rings. The molecule has 0 heterocycles. The average molecular weight is 497 g/mol. The van der Waals surface area contributed by atoms with Crippen molar-refractivity contribution in [3.05, 3.63) is 0 Å². The monoisotopic (exact) mass is 496 g/mol. The van der Waals surface area contributed by atoms with E-state index in [-0.39, 0.29) is 24.0 Å². The smallest absolute Gasteiger partial charge is 0.303 e. The summed E-state index contributed by atoms with van der Waals surface area (Å²) in [6.07, 6.45) is 4.82. The third-order valence-corrected chi connectivity index (χ3v) is 7.35. The molecular weight excluding hydrogens is 458 g/mol. The van der Waals surface area contributed by atoms with Crippen LogP contribution in [0.5, 0.6) is 0 Å². The zero-order valence-corrected chi connectivity index (χ0v) is 21.3. The minimum absolute atomic E-state index is 0.0564. The number of phosphoric acid groups is 2. The lowest BCUT2D eigenvalue weighted by atomic mass is 9.89. The van der Waals surface area contributed by atoms with Crippen LogP contribution in [0.1, 0.15) is 59.8 Å². The summed E-state index contributed by atoms with van der Waals surface area (Å²) in [5.41, 5.74) is -0.497. The standard InChI is InChI=1S/C17H38O8P2S2/c1-16(2,14-24-26(18,19)20)8-5-10-28-12-7-13-29-11-6-9-17(3,4)15-25-27(21,22)23/h5-15H2,1-4H3,(H2,18,19,20)(H2,21,22,23). The molecule has 176 valence electrons. The summed E-state index contributed by atoms with van der Waals surface area (Å²) in [7, 11) is -8.79. The molecule has 12 heteroatoms. The maximum atomic E-state index is 10.8. The fraction of sp³-hybridized carbons (Fsp3) is 1.00. The van der Waals surface area contributed by atoms with Crippen LogP contribution in [0.3, 0.4) is 0 Å². The molecule has 0 amide bonds. The summed E-state index contributed by atoms with van der Waals surface area (Å²) in [6, 6.07) is 0. The first-order valence-electron chi connectivity index (χ1n) is 9.68. The van der Waals surface area contributed by atoms with E-state index in [1.54, 1.807) is 0 Å². The number of hydrogen-bond acceptors (Lipinski definition) is 6. The molecule has 0 unspecified atom stereocenters. The van der Waals surface area contributed by atoms with E-state index in [0.717, 1.165) is 55.1 Å². The van der Waals surface area contributed by atoms with E-state index < -0.39 is 15.6 Å². The molecule has 0 rings (SSSR count). The lowest BCUT2D eigenvalue weighted by Gasteiger charge is -2.24. The molecule has 0 spiro atoms. The first-order valence-corrected chi connectivity index (χ1v) is 15.0. The highest BCUT2D eigenvalue weighted by Gasteiger charge is 2.24. The number of thioether (sulfide) groups is 2. The van der Waals surface area contributed by atoms with Gasteiger partial charge in [0.25, 0.3) is 0 Å². The largest absolute Gasteiger partial charge is 0.469 e. The minimum atomic E-state index is -4.39. The van der Waals surface area contributed by atoms with Gasteiger partial charge in [0.15, 0.2) is 0 Å². The van der Waals surface area contributed by atoms with Crippen LogP contribution in [0, 0.1) is 10.8 Å². The van der Waals surface area contributed by atoms with Crippen molar-refractivity contribution in [3.8, 4) is 0 Å². The van der Waals surface area contributed by atoms with E-state index in [9.17, 15) is 9.13 Å². The fourth-order valence-electron chi connectivity index (χ4n) is 2.43. The van der Waals surface area contributed by atoms with E-state index in [2.05, 4.69) is 9.05 Å². The molecule has 0 aromatic carbocycles. The predicted octanol–water partition coefficient (Wildman–Crippen LogP) is 4.67. The van der Waals surface area contributed by atoms with Crippen LogP contribution >= 0.6 is 39.2 Å². The molecule has 0 aliphatic rings. The van der Waals surface area contributed by atoms with Gasteiger partial charge in [0.1, 0.15) is 0 Å². The maximum absolute atomic E-state index is 10.8. The van der Waals surface area contributed by atoms with Gasteiger partial charge < -0.3 is 19.6 Å². The molecule has 0 bridgehead atoms. The molecule has 0 atom stereocenters. The van der Waals surface area contributed by atoms with Crippen LogP contribution in [0.25, 0.3) is 0 Å². The SMILES string of the molecule is CC(C)(CCCSCCCSCCCC(C)(C)COP(=O)(O)O)COP(=O)(O)O. The van der Waals surface area contributed by atoms with Crippen molar-refractivity contribution in [2.75, 3.05) is 36.2 Å². The molecule has 0 saturated carbocycles. The molecule has 0 saturated heterocycles. The van der Waals surface area contributed by atoms with Crippen LogP contribution in [-0.2, 0) is 18.2 Å². The van der Waals surface area contributed by atoms with Gasteiger partial charge in [-0.2, -0.15) is 23.5 Å². The Hall–Kier alpha value is 0.920. The Kier molecular flexibility index (Phi) is 14.6. The van der Waals surface area contributed by atoms with Crippen molar-refractivity contribution in [2.24, 2.45) is 10.8 Å². The molecule has 29 heavy (non-hydrogen) atoms. The van der Waals surface area contributed by atoms with Crippen molar-refractivity contribution in [3.63, 3.8) is 0 Å². The van der Waals surface area contributed by atoms with E-state index in [0.29, 0.717) is 0 Å². The van der Waals surface area contributed by atoms with Crippen LogP contribution in [0.15, 0.2) is 0 Å². The summed E-state index contributed by atoms with van der Waals surface area (Å²) >= 11 is 3.79. The molecule has 0 aliphatic carbocycles. The minimum Gasteiger partial charge on any atom is -0.303 e. The Bertz CT molecular complexity index is 488. The molecule has 0 aliphatic heterocycles. The van der Waals surface area contributed by atoms with Gasteiger partial charge in [-0.3, -0.25) is 9.05 Å². The van der Waals surface area contributed by atoms with Crippen molar-refractivity contribution in [2.45, 2.75) is 59.8 Å². The Balaban J connectivity index is 3.58. The third-order valence-electron chi connectivity index (χ3n) is 4.11. The fourth-order valence-corrected chi connectivity index (χ4v) is 5.45. The lowest BCUT2D eigenvalue weighted by Crippen LogP contribution is -2.19. The lowest BCUT2D eigenvalue weighted by molar-refractivity contribution is 0.122. The normalized spacial score (nSPS) is 13.8. The molecule has 0 fully saturated rings. The first-order chi connectivity index (χ1) is 13.1. The number of hydrogen-bond donors (Lipinski definition) is 4. The van der Waals surface area contributed by atoms with Gasteiger partial charge in [-0.05, 0) is 65.9 Å². The van der Waals surface area contributed by atoms with Crippen molar-refractivity contribution in [1.82, 2.24) is 0 Å².